The van der Waals surface area contributed by atoms with Crippen LogP contribution >= 0.6 is 0 Å². The normalized spacial score (nSPS) is 12.1. The van der Waals surface area contributed by atoms with Gasteiger partial charge in [-0.05, 0) is 35.4 Å². The SMILES string of the molecule is NCCOc1ccc(-c2cccc(OC(F)(F)F)c2)cc1C(F)(F)F. The van der Waals surface area contributed by atoms with Crippen LogP contribution in [0.2, 0.25) is 0 Å². The maximum Gasteiger partial charge on any atom is 0.573 e. The third-order valence-electron chi connectivity index (χ3n) is 3.06. The Morgan fingerprint density at radius 1 is 0.880 bits per heavy atom. The maximum atomic E-state index is 13.2. The van der Waals surface area contributed by atoms with E-state index >= 15 is 0 Å². The molecule has 2 rings (SSSR count). The molecule has 0 saturated heterocycles. The van der Waals surface area contributed by atoms with Gasteiger partial charge in [-0.1, -0.05) is 18.2 Å². The molecule has 0 unspecified atom stereocenters. The second-order valence-electron chi connectivity index (χ2n) is 4.92. The summed E-state index contributed by atoms with van der Waals surface area (Å²) in [6.07, 6.45) is -9.59. The van der Waals surface area contributed by atoms with Gasteiger partial charge in [-0.25, -0.2) is 0 Å². The third kappa shape index (κ3) is 5.28. The van der Waals surface area contributed by atoms with Gasteiger partial charge in [0.2, 0.25) is 0 Å². The Balaban J connectivity index is 2.41. The first-order valence-corrected chi connectivity index (χ1v) is 7.00. The first kappa shape index (κ1) is 18.9. The van der Waals surface area contributed by atoms with Crippen molar-refractivity contribution in [3.8, 4) is 22.6 Å². The van der Waals surface area contributed by atoms with Gasteiger partial charge in [0.25, 0.3) is 0 Å². The zero-order valence-electron chi connectivity index (χ0n) is 12.6. The van der Waals surface area contributed by atoms with Gasteiger partial charge in [-0.3, -0.25) is 0 Å². The molecule has 0 aliphatic carbocycles. The molecule has 0 aliphatic rings. The van der Waals surface area contributed by atoms with E-state index in [1.165, 1.54) is 18.2 Å². The lowest BCUT2D eigenvalue weighted by atomic mass is 10.0. The Bertz CT molecular complexity index is 727. The molecule has 0 saturated carbocycles. The molecule has 3 nitrogen and oxygen atoms in total. The van der Waals surface area contributed by atoms with Gasteiger partial charge in [0.1, 0.15) is 18.1 Å². The van der Waals surface area contributed by atoms with Crippen LogP contribution in [0.25, 0.3) is 11.1 Å². The molecule has 9 heteroatoms. The van der Waals surface area contributed by atoms with E-state index < -0.39 is 29.6 Å². The summed E-state index contributed by atoms with van der Waals surface area (Å²) < 4.78 is 85.1. The predicted octanol–water partition coefficient (Wildman–Crippen LogP) is 4.61. The molecule has 2 N–H and O–H groups in total. The van der Waals surface area contributed by atoms with Crippen molar-refractivity contribution in [1.82, 2.24) is 0 Å². The Labute approximate surface area is 139 Å². The molecule has 0 aliphatic heterocycles. The van der Waals surface area contributed by atoms with Crippen LogP contribution in [0.1, 0.15) is 5.56 Å². The van der Waals surface area contributed by atoms with Gasteiger partial charge in [0, 0.05) is 6.54 Å². The van der Waals surface area contributed by atoms with Crippen molar-refractivity contribution in [2.75, 3.05) is 13.2 Å². The minimum atomic E-state index is -4.89. The predicted molar refractivity (Wildman–Crippen MR) is 78.1 cm³/mol. The highest BCUT2D eigenvalue weighted by molar-refractivity contribution is 5.67. The van der Waals surface area contributed by atoms with E-state index in [9.17, 15) is 26.3 Å². The lowest BCUT2D eigenvalue weighted by Crippen LogP contribution is -2.17. The zero-order valence-corrected chi connectivity index (χ0v) is 12.6. The summed E-state index contributed by atoms with van der Waals surface area (Å²) >= 11 is 0. The van der Waals surface area contributed by atoms with E-state index in [1.54, 1.807) is 0 Å². The summed E-state index contributed by atoms with van der Waals surface area (Å²) in [7, 11) is 0. The van der Waals surface area contributed by atoms with Crippen LogP contribution in [0.4, 0.5) is 26.3 Å². The zero-order chi connectivity index (χ0) is 18.7. The van der Waals surface area contributed by atoms with Crippen molar-refractivity contribution < 1.29 is 35.8 Å². The Morgan fingerprint density at radius 3 is 2.16 bits per heavy atom. The van der Waals surface area contributed by atoms with Crippen LogP contribution in [-0.4, -0.2) is 19.5 Å². The summed E-state index contributed by atoms with van der Waals surface area (Å²) in [6.45, 7) is -0.0623. The van der Waals surface area contributed by atoms with Gasteiger partial charge in [-0.15, -0.1) is 13.2 Å². The summed E-state index contributed by atoms with van der Waals surface area (Å²) in [5, 5.41) is 0. The molecule has 136 valence electrons. The van der Waals surface area contributed by atoms with E-state index in [2.05, 4.69) is 4.74 Å². The van der Waals surface area contributed by atoms with Crippen molar-refractivity contribution in [2.45, 2.75) is 12.5 Å². The lowest BCUT2D eigenvalue weighted by Gasteiger charge is -2.15. The topological polar surface area (TPSA) is 44.5 Å². The second-order valence-corrected chi connectivity index (χ2v) is 4.92. The number of alkyl halides is 6. The third-order valence-corrected chi connectivity index (χ3v) is 3.06. The molecular weight excluding hydrogens is 352 g/mol. The van der Waals surface area contributed by atoms with Crippen LogP contribution in [0.15, 0.2) is 42.5 Å². The summed E-state index contributed by atoms with van der Waals surface area (Å²) in [4.78, 5) is 0. The van der Waals surface area contributed by atoms with Crippen molar-refractivity contribution in [3.05, 3.63) is 48.0 Å². The summed E-state index contributed by atoms with van der Waals surface area (Å²) in [5.74, 6) is -0.925. The molecule has 0 radical (unpaired) electrons. The summed E-state index contributed by atoms with van der Waals surface area (Å²) in [6, 6.07) is 7.91. The average molecular weight is 365 g/mol. The van der Waals surface area contributed by atoms with E-state index in [0.29, 0.717) is 0 Å². The molecular formula is C16H13F6NO2. The Kier molecular flexibility index (Phi) is 5.46. The largest absolute Gasteiger partial charge is 0.573 e. The van der Waals surface area contributed by atoms with Crippen LogP contribution < -0.4 is 15.2 Å². The molecule has 25 heavy (non-hydrogen) atoms. The molecule has 0 bridgehead atoms. The van der Waals surface area contributed by atoms with Gasteiger partial charge in [-0.2, -0.15) is 13.2 Å². The number of ether oxygens (including phenoxy) is 2. The van der Waals surface area contributed by atoms with Gasteiger partial charge < -0.3 is 15.2 Å². The van der Waals surface area contributed by atoms with Gasteiger partial charge in [0.05, 0.1) is 5.56 Å². The van der Waals surface area contributed by atoms with Gasteiger partial charge >= 0.3 is 12.5 Å². The maximum absolute atomic E-state index is 13.2. The molecule has 0 aromatic heterocycles. The molecule has 0 heterocycles. The number of nitrogens with two attached hydrogens (primary N) is 1. The number of hydrogen-bond donors (Lipinski definition) is 1. The van der Waals surface area contributed by atoms with Crippen molar-refractivity contribution >= 4 is 0 Å². The van der Waals surface area contributed by atoms with E-state index in [1.807, 2.05) is 0 Å². The smallest absolute Gasteiger partial charge is 0.492 e. The molecule has 0 amide bonds. The number of benzene rings is 2. The van der Waals surface area contributed by atoms with E-state index in [4.69, 9.17) is 10.5 Å². The standard InChI is InChI=1S/C16H13F6NO2/c17-15(18,19)13-9-11(4-5-14(13)24-7-6-23)10-2-1-3-12(8-10)25-16(20,21)22/h1-5,8-9H,6-7,23H2. The van der Waals surface area contributed by atoms with Crippen LogP contribution in [0.5, 0.6) is 11.5 Å². The molecule has 0 atom stereocenters. The van der Waals surface area contributed by atoms with E-state index in [0.717, 1.165) is 24.3 Å². The van der Waals surface area contributed by atoms with Crippen molar-refractivity contribution in [2.24, 2.45) is 5.73 Å². The first-order valence-electron chi connectivity index (χ1n) is 7.00. The van der Waals surface area contributed by atoms with Crippen LogP contribution in [-0.2, 0) is 6.18 Å². The fourth-order valence-corrected chi connectivity index (χ4v) is 2.10. The first-order chi connectivity index (χ1) is 11.6. The fraction of sp³-hybridized carbons (Fsp3) is 0.250. The number of rotatable bonds is 5. The monoisotopic (exact) mass is 365 g/mol. The minimum absolute atomic E-state index is 0.0376. The van der Waals surface area contributed by atoms with Crippen LogP contribution in [0, 0.1) is 0 Å². The second kappa shape index (κ2) is 7.22. The quantitative estimate of drug-likeness (QED) is 0.787. The fourth-order valence-electron chi connectivity index (χ4n) is 2.10. The highest BCUT2D eigenvalue weighted by Gasteiger charge is 2.35. The number of hydrogen-bond acceptors (Lipinski definition) is 3. The molecule has 0 fully saturated rings. The highest BCUT2D eigenvalue weighted by Crippen LogP contribution is 2.39. The van der Waals surface area contributed by atoms with Crippen LogP contribution in [0.3, 0.4) is 0 Å². The highest BCUT2D eigenvalue weighted by atomic mass is 19.4. The average Bonchev–Trinajstić information content (AvgIpc) is 2.50. The summed E-state index contributed by atoms with van der Waals surface area (Å²) in [5.41, 5.74) is 4.38. The molecule has 2 aromatic carbocycles. The Hall–Kier alpha value is -2.42. The number of halogens is 6. The van der Waals surface area contributed by atoms with Crippen molar-refractivity contribution in [1.29, 1.82) is 0 Å². The lowest BCUT2D eigenvalue weighted by molar-refractivity contribution is -0.274. The van der Waals surface area contributed by atoms with Gasteiger partial charge in [0.15, 0.2) is 0 Å². The van der Waals surface area contributed by atoms with E-state index in [-0.39, 0.29) is 24.3 Å². The Morgan fingerprint density at radius 2 is 1.56 bits per heavy atom. The molecule has 0 spiro atoms. The van der Waals surface area contributed by atoms with Crippen molar-refractivity contribution in [3.63, 3.8) is 0 Å². The minimum Gasteiger partial charge on any atom is -0.492 e. The molecule has 2 aromatic rings.